The van der Waals surface area contributed by atoms with Crippen LogP contribution in [0.3, 0.4) is 0 Å². The molecule has 5 heteroatoms. The monoisotopic (exact) mass is 241 g/mol. The van der Waals surface area contributed by atoms with Gasteiger partial charge in [-0.25, -0.2) is 8.42 Å². The Morgan fingerprint density at radius 3 is 2.38 bits per heavy atom. The fourth-order valence-electron chi connectivity index (χ4n) is 1.35. The van der Waals surface area contributed by atoms with Crippen molar-refractivity contribution >= 4 is 15.7 Å². The summed E-state index contributed by atoms with van der Waals surface area (Å²) >= 11 is 0. The summed E-state index contributed by atoms with van der Waals surface area (Å²) in [4.78, 5) is 11.4. The molecule has 0 radical (unpaired) electrons. The van der Waals surface area contributed by atoms with E-state index >= 15 is 0 Å². The first kappa shape index (κ1) is 12.7. The Bertz CT molecular complexity index is 453. The summed E-state index contributed by atoms with van der Waals surface area (Å²) in [6.45, 7) is 1.81. The molecule has 88 valence electrons. The quantitative estimate of drug-likeness (QED) is 0.852. The van der Waals surface area contributed by atoms with Crippen LogP contribution in [0.2, 0.25) is 0 Å². The molecular weight excluding hydrogens is 226 g/mol. The lowest BCUT2D eigenvalue weighted by atomic mass is 10.1. The predicted molar refractivity (Wildman–Crippen MR) is 62.7 cm³/mol. The third kappa shape index (κ3) is 4.44. The number of sulfone groups is 1. The zero-order valence-electron chi connectivity index (χ0n) is 9.30. The van der Waals surface area contributed by atoms with Gasteiger partial charge in [-0.3, -0.25) is 4.79 Å². The molecule has 0 fully saturated rings. The minimum Gasteiger partial charge on any atom is -0.349 e. The molecule has 1 atom stereocenters. The highest BCUT2D eigenvalue weighted by Gasteiger charge is 2.13. The molecule has 0 saturated carbocycles. The van der Waals surface area contributed by atoms with Gasteiger partial charge in [-0.05, 0) is 12.5 Å². The number of hydrogen-bond acceptors (Lipinski definition) is 3. The highest BCUT2D eigenvalue weighted by molar-refractivity contribution is 7.91. The summed E-state index contributed by atoms with van der Waals surface area (Å²) in [5.41, 5.74) is 0.948. The van der Waals surface area contributed by atoms with Gasteiger partial charge in [0, 0.05) is 6.26 Å². The number of hydrogen-bond donors (Lipinski definition) is 1. The van der Waals surface area contributed by atoms with Gasteiger partial charge >= 0.3 is 0 Å². The molecular formula is C11H15NO3S. The second-order valence-corrected chi connectivity index (χ2v) is 5.91. The molecule has 0 saturated heterocycles. The van der Waals surface area contributed by atoms with Crippen LogP contribution in [0.1, 0.15) is 18.5 Å². The van der Waals surface area contributed by atoms with Gasteiger partial charge in [0.15, 0.2) is 9.84 Å². The lowest BCUT2D eigenvalue weighted by Gasteiger charge is -2.13. The van der Waals surface area contributed by atoms with E-state index in [0.29, 0.717) is 0 Å². The number of nitrogens with one attached hydrogen (secondary N) is 1. The van der Waals surface area contributed by atoms with E-state index in [1.54, 1.807) is 0 Å². The van der Waals surface area contributed by atoms with Crippen LogP contribution in [-0.2, 0) is 14.6 Å². The molecule has 0 aromatic heterocycles. The summed E-state index contributed by atoms with van der Waals surface area (Å²) < 4.78 is 21.8. The minimum atomic E-state index is -3.26. The van der Waals surface area contributed by atoms with Crippen molar-refractivity contribution in [2.24, 2.45) is 0 Å². The predicted octanol–water partition coefficient (Wildman–Crippen LogP) is 0.908. The second-order valence-electron chi connectivity index (χ2n) is 3.77. The van der Waals surface area contributed by atoms with Crippen molar-refractivity contribution in [3.05, 3.63) is 35.9 Å². The highest BCUT2D eigenvalue weighted by atomic mass is 32.2. The van der Waals surface area contributed by atoms with E-state index in [1.165, 1.54) is 0 Å². The third-order valence-corrected chi connectivity index (χ3v) is 2.86. The van der Waals surface area contributed by atoms with Gasteiger partial charge in [-0.1, -0.05) is 30.3 Å². The first-order valence-corrected chi connectivity index (χ1v) is 6.96. The Morgan fingerprint density at radius 1 is 1.31 bits per heavy atom. The Hall–Kier alpha value is -1.36. The molecule has 0 aliphatic rings. The lowest BCUT2D eigenvalue weighted by Crippen LogP contribution is -2.31. The molecule has 0 heterocycles. The molecule has 0 unspecified atom stereocenters. The lowest BCUT2D eigenvalue weighted by molar-refractivity contribution is -0.119. The van der Waals surface area contributed by atoms with E-state index in [2.05, 4.69) is 5.32 Å². The minimum absolute atomic E-state index is 0.185. The fourth-order valence-corrected chi connectivity index (χ4v) is 1.91. The molecule has 0 bridgehead atoms. The van der Waals surface area contributed by atoms with E-state index in [1.807, 2.05) is 37.3 Å². The molecule has 1 N–H and O–H groups in total. The average Bonchev–Trinajstić information content (AvgIpc) is 2.16. The Morgan fingerprint density at radius 2 is 1.88 bits per heavy atom. The zero-order chi connectivity index (χ0) is 12.2. The summed E-state index contributed by atoms with van der Waals surface area (Å²) in [5.74, 6) is -0.941. The van der Waals surface area contributed by atoms with Crippen molar-refractivity contribution in [2.45, 2.75) is 13.0 Å². The number of carbonyl (C=O) groups is 1. The van der Waals surface area contributed by atoms with Crippen molar-refractivity contribution < 1.29 is 13.2 Å². The largest absolute Gasteiger partial charge is 0.349 e. The van der Waals surface area contributed by atoms with Gasteiger partial charge < -0.3 is 5.32 Å². The van der Waals surface area contributed by atoms with Gasteiger partial charge in [-0.15, -0.1) is 0 Å². The van der Waals surface area contributed by atoms with Crippen LogP contribution in [-0.4, -0.2) is 26.3 Å². The first-order chi connectivity index (χ1) is 7.38. The van der Waals surface area contributed by atoms with Crippen LogP contribution in [0.4, 0.5) is 0 Å². The normalized spacial score (nSPS) is 13.1. The van der Waals surface area contributed by atoms with Crippen LogP contribution in [0.25, 0.3) is 0 Å². The third-order valence-electron chi connectivity index (χ3n) is 2.07. The molecule has 0 aliphatic carbocycles. The number of rotatable bonds is 4. The zero-order valence-corrected chi connectivity index (χ0v) is 10.1. The van der Waals surface area contributed by atoms with E-state index in [9.17, 15) is 13.2 Å². The van der Waals surface area contributed by atoms with Gasteiger partial charge in [0.05, 0.1) is 6.04 Å². The number of carbonyl (C=O) groups excluding carboxylic acids is 1. The Kier molecular flexibility index (Phi) is 4.06. The highest BCUT2D eigenvalue weighted by Crippen LogP contribution is 2.10. The van der Waals surface area contributed by atoms with Crippen LogP contribution in [0, 0.1) is 0 Å². The van der Waals surface area contributed by atoms with E-state index < -0.39 is 21.5 Å². The van der Waals surface area contributed by atoms with Gasteiger partial charge in [0.1, 0.15) is 5.75 Å². The summed E-state index contributed by atoms with van der Waals surface area (Å²) in [6.07, 6.45) is 1.04. The summed E-state index contributed by atoms with van der Waals surface area (Å²) in [7, 11) is -3.26. The first-order valence-electron chi connectivity index (χ1n) is 4.90. The van der Waals surface area contributed by atoms with Crippen molar-refractivity contribution in [1.29, 1.82) is 0 Å². The molecule has 1 rings (SSSR count). The van der Waals surface area contributed by atoms with Gasteiger partial charge in [0.25, 0.3) is 0 Å². The van der Waals surface area contributed by atoms with E-state index in [-0.39, 0.29) is 6.04 Å². The van der Waals surface area contributed by atoms with Crippen molar-refractivity contribution in [1.82, 2.24) is 5.32 Å². The SMILES string of the molecule is C[C@@H](NC(=O)CS(C)(=O)=O)c1ccccc1. The number of benzene rings is 1. The Balaban J connectivity index is 2.59. The Labute approximate surface area is 95.6 Å². The summed E-state index contributed by atoms with van der Waals surface area (Å²) in [6, 6.07) is 9.20. The smallest absolute Gasteiger partial charge is 0.235 e. The second kappa shape index (κ2) is 5.12. The maximum atomic E-state index is 11.4. The summed E-state index contributed by atoms with van der Waals surface area (Å²) in [5, 5.41) is 2.63. The molecule has 0 spiro atoms. The van der Waals surface area contributed by atoms with Crippen LogP contribution >= 0.6 is 0 Å². The molecule has 4 nitrogen and oxygen atoms in total. The van der Waals surface area contributed by atoms with Crippen molar-refractivity contribution in [2.75, 3.05) is 12.0 Å². The molecule has 0 aliphatic heterocycles. The average molecular weight is 241 g/mol. The van der Waals surface area contributed by atoms with Crippen LogP contribution < -0.4 is 5.32 Å². The molecule has 1 amide bonds. The topological polar surface area (TPSA) is 63.2 Å². The van der Waals surface area contributed by atoms with Crippen LogP contribution in [0.5, 0.6) is 0 Å². The van der Waals surface area contributed by atoms with E-state index in [0.717, 1.165) is 11.8 Å². The molecule has 1 aromatic carbocycles. The fraction of sp³-hybridized carbons (Fsp3) is 0.364. The molecule has 16 heavy (non-hydrogen) atoms. The standard InChI is InChI=1S/C11H15NO3S/c1-9(10-6-4-3-5-7-10)12-11(13)8-16(2,14)15/h3-7,9H,8H2,1-2H3,(H,12,13)/t9-/m1/s1. The van der Waals surface area contributed by atoms with E-state index in [4.69, 9.17) is 0 Å². The maximum absolute atomic E-state index is 11.4. The van der Waals surface area contributed by atoms with Crippen LogP contribution in [0.15, 0.2) is 30.3 Å². The number of amides is 1. The molecule has 1 aromatic rings. The maximum Gasteiger partial charge on any atom is 0.235 e. The van der Waals surface area contributed by atoms with Crippen molar-refractivity contribution in [3.8, 4) is 0 Å². The van der Waals surface area contributed by atoms with Crippen molar-refractivity contribution in [3.63, 3.8) is 0 Å². The van der Waals surface area contributed by atoms with Gasteiger partial charge in [-0.2, -0.15) is 0 Å². The van der Waals surface area contributed by atoms with Gasteiger partial charge in [0.2, 0.25) is 5.91 Å².